The van der Waals surface area contributed by atoms with Gasteiger partial charge in [-0.15, -0.1) is 0 Å². The lowest BCUT2D eigenvalue weighted by Gasteiger charge is -2.12. The number of aliphatic hydroxyl groups excluding tert-OH is 1. The van der Waals surface area contributed by atoms with E-state index in [4.69, 9.17) is 5.11 Å². The summed E-state index contributed by atoms with van der Waals surface area (Å²) in [5.74, 6) is -1.74. The number of hydrogen-bond acceptors (Lipinski definition) is 4. The van der Waals surface area contributed by atoms with Gasteiger partial charge in [-0.2, -0.15) is 0 Å². The number of rotatable bonds is 12. The number of allylic oxidation sites excluding steroid dienone is 3. The molecule has 140 valence electrons. The highest BCUT2D eigenvalue weighted by Gasteiger charge is 2.38. The molecular formula is C20H30O5. The predicted octanol–water partition coefficient (Wildman–Crippen LogP) is 3.46. The summed E-state index contributed by atoms with van der Waals surface area (Å²) >= 11 is 0. The molecule has 1 aliphatic rings. The van der Waals surface area contributed by atoms with E-state index in [1.807, 2.05) is 12.2 Å². The van der Waals surface area contributed by atoms with Gasteiger partial charge in [-0.3, -0.25) is 14.4 Å². The molecule has 25 heavy (non-hydrogen) atoms. The highest BCUT2D eigenvalue weighted by molar-refractivity contribution is 6.09. The normalized spacial score (nSPS) is 22.3. The van der Waals surface area contributed by atoms with Gasteiger partial charge < -0.3 is 10.2 Å². The Morgan fingerprint density at radius 2 is 1.96 bits per heavy atom. The molecule has 0 unspecified atom stereocenters. The van der Waals surface area contributed by atoms with Crippen LogP contribution in [0.25, 0.3) is 0 Å². The van der Waals surface area contributed by atoms with Gasteiger partial charge in [-0.25, -0.2) is 0 Å². The first-order valence-corrected chi connectivity index (χ1v) is 9.24. The van der Waals surface area contributed by atoms with Crippen LogP contribution in [0, 0.1) is 11.8 Å². The monoisotopic (exact) mass is 350 g/mol. The molecule has 0 aromatic rings. The Balaban J connectivity index is 2.49. The number of hydrogen-bond donors (Lipinski definition) is 2. The van der Waals surface area contributed by atoms with Crippen LogP contribution in [0.1, 0.15) is 64.7 Å². The van der Waals surface area contributed by atoms with Crippen molar-refractivity contribution < 1.29 is 24.6 Å². The Hall–Kier alpha value is -1.75. The van der Waals surface area contributed by atoms with Crippen LogP contribution in [-0.4, -0.2) is 33.9 Å². The average Bonchev–Trinajstić information content (AvgIpc) is 2.82. The minimum Gasteiger partial charge on any atom is -0.481 e. The van der Waals surface area contributed by atoms with Gasteiger partial charge in [0, 0.05) is 18.3 Å². The van der Waals surface area contributed by atoms with Gasteiger partial charge in [0.25, 0.3) is 0 Å². The maximum Gasteiger partial charge on any atom is 0.303 e. The van der Waals surface area contributed by atoms with Crippen LogP contribution in [-0.2, 0) is 14.4 Å². The first-order valence-electron chi connectivity index (χ1n) is 9.24. The second-order valence-corrected chi connectivity index (χ2v) is 6.68. The summed E-state index contributed by atoms with van der Waals surface area (Å²) in [6.07, 6.45) is 12.1. The van der Waals surface area contributed by atoms with Gasteiger partial charge in [0.15, 0.2) is 0 Å². The number of aliphatic carboxylic acids is 1. The number of carboxylic acid groups (broad SMARTS) is 1. The van der Waals surface area contributed by atoms with E-state index in [0.717, 1.165) is 19.3 Å². The summed E-state index contributed by atoms with van der Waals surface area (Å²) in [6.45, 7) is 2.10. The molecule has 5 nitrogen and oxygen atoms in total. The van der Waals surface area contributed by atoms with Gasteiger partial charge in [0.1, 0.15) is 11.6 Å². The minimum absolute atomic E-state index is 0.0293. The molecule has 1 saturated carbocycles. The summed E-state index contributed by atoms with van der Waals surface area (Å²) in [7, 11) is 0. The number of aliphatic hydroxyl groups is 1. The van der Waals surface area contributed by atoms with Crippen molar-refractivity contribution in [3.63, 3.8) is 0 Å². The highest BCUT2D eigenvalue weighted by Crippen LogP contribution is 2.30. The predicted molar refractivity (Wildman–Crippen MR) is 96.1 cm³/mol. The number of Topliss-reactive ketones (excluding diaryl/α,β-unsaturated/α-hetero) is 2. The third kappa shape index (κ3) is 8.25. The lowest BCUT2D eigenvalue weighted by molar-refractivity contribution is -0.137. The zero-order valence-electron chi connectivity index (χ0n) is 15.0. The minimum atomic E-state index is -0.812. The molecular weight excluding hydrogens is 320 g/mol. The van der Waals surface area contributed by atoms with Crippen LogP contribution in [0.15, 0.2) is 24.3 Å². The largest absolute Gasteiger partial charge is 0.481 e. The van der Waals surface area contributed by atoms with Crippen molar-refractivity contribution in [1.29, 1.82) is 0 Å². The number of carbonyl (C=O) groups excluding carboxylic acids is 2. The molecule has 0 aromatic heterocycles. The SMILES string of the molecule is CCCCC[C@H](O)/C=C/[C@H]1C(=O)CC(=O)[C@H]1C/C=C\CCCC(=O)O. The lowest BCUT2D eigenvalue weighted by atomic mass is 9.90. The fourth-order valence-electron chi connectivity index (χ4n) is 3.04. The van der Waals surface area contributed by atoms with E-state index in [9.17, 15) is 19.5 Å². The van der Waals surface area contributed by atoms with Gasteiger partial charge in [-0.1, -0.05) is 50.5 Å². The molecule has 5 heteroatoms. The van der Waals surface area contributed by atoms with E-state index < -0.39 is 18.0 Å². The van der Waals surface area contributed by atoms with E-state index in [-0.39, 0.29) is 30.3 Å². The van der Waals surface area contributed by atoms with E-state index in [1.165, 1.54) is 0 Å². The molecule has 2 N–H and O–H groups in total. The van der Waals surface area contributed by atoms with E-state index in [2.05, 4.69) is 6.92 Å². The smallest absolute Gasteiger partial charge is 0.303 e. The maximum absolute atomic E-state index is 12.0. The van der Waals surface area contributed by atoms with Crippen LogP contribution in [0.5, 0.6) is 0 Å². The second-order valence-electron chi connectivity index (χ2n) is 6.68. The summed E-state index contributed by atoms with van der Waals surface area (Å²) < 4.78 is 0. The van der Waals surface area contributed by atoms with Crippen molar-refractivity contribution >= 4 is 17.5 Å². The summed E-state index contributed by atoms with van der Waals surface area (Å²) in [4.78, 5) is 34.5. The van der Waals surface area contributed by atoms with Gasteiger partial charge in [0.2, 0.25) is 0 Å². The van der Waals surface area contributed by atoms with Crippen molar-refractivity contribution in [2.45, 2.75) is 70.8 Å². The van der Waals surface area contributed by atoms with E-state index in [0.29, 0.717) is 25.7 Å². The molecule has 0 spiro atoms. The molecule has 1 rings (SSSR count). The Labute approximate surface area is 149 Å². The van der Waals surface area contributed by atoms with Crippen molar-refractivity contribution in [3.8, 4) is 0 Å². The number of carbonyl (C=O) groups is 3. The molecule has 0 amide bonds. The van der Waals surface area contributed by atoms with E-state index >= 15 is 0 Å². The van der Waals surface area contributed by atoms with Crippen LogP contribution < -0.4 is 0 Å². The number of unbranched alkanes of at least 4 members (excludes halogenated alkanes) is 3. The topological polar surface area (TPSA) is 91.7 Å². The molecule has 0 radical (unpaired) electrons. The quantitative estimate of drug-likeness (QED) is 0.319. The van der Waals surface area contributed by atoms with Crippen molar-refractivity contribution in [1.82, 2.24) is 0 Å². The van der Waals surface area contributed by atoms with Crippen LogP contribution >= 0.6 is 0 Å². The van der Waals surface area contributed by atoms with Crippen LogP contribution in [0.3, 0.4) is 0 Å². The molecule has 0 saturated heterocycles. The van der Waals surface area contributed by atoms with Gasteiger partial charge in [0.05, 0.1) is 12.5 Å². The van der Waals surface area contributed by atoms with Gasteiger partial charge in [-0.05, 0) is 25.7 Å². The zero-order chi connectivity index (χ0) is 18.7. The fourth-order valence-corrected chi connectivity index (χ4v) is 3.04. The Bertz CT molecular complexity index is 506. The van der Waals surface area contributed by atoms with Gasteiger partial charge >= 0.3 is 5.97 Å². The number of carboxylic acids is 1. The highest BCUT2D eigenvalue weighted by atomic mass is 16.4. The fraction of sp³-hybridized carbons (Fsp3) is 0.650. The zero-order valence-corrected chi connectivity index (χ0v) is 15.0. The second kappa shape index (κ2) is 11.7. The van der Waals surface area contributed by atoms with Crippen LogP contribution in [0.4, 0.5) is 0 Å². The molecule has 3 atom stereocenters. The maximum atomic E-state index is 12.0. The van der Waals surface area contributed by atoms with Crippen molar-refractivity contribution in [3.05, 3.63) is 24.3 Å². The third-order valence-corrected chi connectivity index (χ3v) is 4.53. The van der Waals surface area contributed by atoms with Crippen molar-refractivity contribution in [2.24, 2.45) is 11.8 Å². The molecule has 0 heterocycles. The van der Waals surface area contributed by atoms with Crippen LogP contribution in [0.2, 0.25) is 0 Å². The summed E-state index contributed by atoms with van der Waals surface area (Å²) in [5.41, 5.74) is 0. The molecule has 1 aliphatic carbocycles. The molecule has 1 fully saturated rings. The van der Waals surface area contributed by atoms with Crippen molar-refractivity contribution in [2.75, 3.05) is 0 Å². The molecule has 0 aromatic carbocycles. The van der Waals surface area contributed by atoms with E-state index in [1.54, 1.807) is 12.2 Å². The Kier molecular flexibility index (Phi) is 10.0. The first kappa shape index (κ1) is 21.3. The standard InChI is InChI=1S/C20H30O5/c1-2-3-6-9-15(21)12-13-17-16(18(22)14-19(17)23)10-7-4-5-8-11-20(24)25/h4,7,12-13,15-17,21H,2-3,5-6,8-11,14H2,1H3,(H,24,25)/b7-4-,13-12+/t15-,16-,17+/m0/s1. The third-order valence-electron chi connectivity index (χ3n) is 4.53. The molecule has 0 bridgehead atoms. The Morgan fingerprint density at radius 3 is 2.64 bits per heavy atom. The summed E-state index contributed by atoms with van der Waals surface area (Å²) in [5, 5.41) is 18.5. The number of ketones is 2. The first-order chi connectivity index (χ1) is 12.0. The Morgan fingerprint density at radius 1 is 1.20 bits per heavy atom. The lowest BCUT2D eigenvalue weighted by Crippen LogP contribution is -2.16. The summed E-state index contributed by atoms with van der Waals surface area (Å²) in [6, 6.07) is 0. The average molecular weight is 350 g/mol. The molecule has 0 aliphatic heterocycles.